The van der Waals surface area contributed by atoms with Crippen LogP contribution in [0.4, 0.5) is 0 Å². The second kappa shape index (κ2) is 6.20. The summed E-state index contributed by atoms with van der Waals surface area (Å²) in [5.41, 5.74) is 13.6. The van der Waals surface area contributed by atoms with E-state index in [1.807, 2.05) is 24.3 Å². The molecular formula is C16H14ClN5O. The summed E-state index contributed by atoms with van der Waals surface area (Å²) in [5, 5.41) is 4.88. The SMILES string of the molecule is NCc1ccccc1-c1nn(-c2ncccc2Cl)cc1C(N)=O. The number of carbonyl (C=O) groups is 1. The average Bonchev–Trinajstić information content (AvgIpc) is 3.00. The number of hydrogen-bond donors (Lipinski definition) is 2. The van der Waals surface area contributed by atoms with Crippen molar-refractivity contribution in [3.63, 3.8) is 0 Å². The Balaban J connectivity index is 2.22. The standard InChI is InChI=1S/C16H14ClN5O/c17-13-6-3-7-20-16(13)22-9-12(15(19)23)14(21-22)11-5-2-1-4-10(11)8-18/h1-7,9H,8,18H2,(H2,19,23). The highest BCUT2D eigenvalue weighted by Crippen LogP contribution is 2.27. The van der Waals surface area contributed by atoms with Gasteiger partial charge in [-0.25, -0.2) is 9.67 Å². The van der Waals surface area contributed by atoms with E-state index >= 15 is 0 Å². The van der Waals surface area contributed by atoms with E-state index in [1.54, 1.807) is 18.3 Å². The third-order valence-corrected chi connectivity index (χ3v) is 3.72. The van der Waals surface area contributed by atoms with Crippen molar-refractivity contribution in [3.8, 4) is 17.1 Å². The number of aromatic nitrogens is 3. The van der Waals surface area contributed by atoms with E-state index in [2.05, 4.69) is 10.1 Å². The quantitative estimate of drug-likeness (QED) is 0.766. The molecule has 0 atom stereocenters. The number of halogens is 1. The first-order valence-electron chi connectivity index (χ1n) is 6.90. The molecule has 0 bridgehead atoms. The van der Waals surface area contributed by atoms with Gasteiger partial charge in [-0.05, 0) is 17.7 Å². The van der Waals surface area contributed by atoms with Gasteiger partial charge < -0.3 is 11.5 Å². The molecule has 3 rings (SSSR count). The van der Waals surface area contributed by atoms with Crippen molar-refractivity contribution < 1.29 is 4.79 Å². The van der Waals surface area contributed by atoms with Crippen LogP contribution in [0.3, 0.4) is 0 Å². The molecule has 0 saturated carbocycles. The molecule has 0 radical (unpaired) electrons. The van der Waals surface area contributed by atoms with Crippen molar-refractivity contribution in [2.45, 2.75) is 6.54 Å². The number of amides is 1. The highest BCUT2D eigenvalue weighted by atomic mass is 35.5. The predicted octanol–water partition coefficient (Wildman–Crippen LogP) is 2.15. The minimum Gasteiger partial charge on any atom is -0.365 e. The number of hydrogen-bond acceptors (Lipinski definition) is 4. The molecule has 0 aliphatic heterocycles. The van der Waals surface area contributed by atoms with Gasteiger partial charge in [-0.2, -0.15) is 5.10 Å². The average molecular weight is 328 g/mol. The minimum atomic E-state index is -0.579. The number of pyridine rings is 1. The van der Waals surface area contributed by atoms with Crippen LogP contribution in [0.15, 0.2) is 48.8 Å². The predicted molar refractivity (Wildman–Crippen MR) is 88.2 cm³/mol. The second-order valence-corrected chi connectivity index (χ2v) is 5.28. The fourth-order valence-electron chi connectivity index (χ4n) is 2.34. The Morgan fingerprint density at radius 3 is 2.70 bits per heavy atom. The molecule has 0 fully saturated rings. The molecule has 4 N–H and O–H groups in total. The molecule has 116 valence electrons. The Hall–Kier alpha value is -2.70. The number of benzene rings is 1. The lowest BCUT2D eigenvalue weighted by Crippen LogP contribution is -2.11. The minimum absolute atomic E-state index is 0.285. The van der Waals surface area contributed by atoms with Gasteiger partial charge in [-0.15, -0.1) is 0 Å². The number of carbonyl (C=O) groups excluding carboxylic acids is 1. The van der Waals surface area contributed by atoms with E-state index in [4.69, 9.17) is 23.1 Å². The molecule has 3 aromatic rings. The van der Waals surface area contributed by atoms with Crippen LogP contribution >= 0.6 is 11.6 Å². The fourth-order valence-corrected chi connectivity index (χ4v) is 2.55. The number of nitrogens with two attached hydrogens (primary N) is 2. The van der Waals surface area contributed by atoms with Crippen LogP contribution in [0.2, 0.25) is 5.02 Å². The van der Waals surface area contributed by atoms with Gasteiger partial charge in [-0.1, -0.05) is 35.9 Å². The molecule has 1 amide bonds. The molecule has 1 aromatic carbocycles. The number of primary amides is 1. The summed E-state index contributed by atoms with van der Waals surface area (Å²) in [5.74, 6) is -0.154. The van der Waals surface area contributed by atoms with Crippen LogP contribution in [0.1, 0.15) is 15.9 Å². The zero-order valence-corrected chi connectivity index (χ0v) is 12.9. The molecule has 0 aliphatic carbocycles. The molecule has 0 aliphatic rings. The van der Waals surface area contributed by atoms with Crippen LogP contribution in [-0.4, -0.2) is 20.7 Å². The normalized spacial score (nSPS) is 10.7. The summed E-state index contributed by atoms with van der Waals surface area (Å²) in [6, 6.07) is 10.9. The lowest BCUT2D eigenvalue weighted by Gasteiger charge is -2.06. The first kappa shape index (κ1) is 15.2. The first-order valence-corrected chi connectivity index (χ1v) is 7.28. The van der Waals surface area contributed by atoms with Crippen molar-refractivity contribution in [1.29, 1.82) is 0 Å². The Morgan fingerprint density at radius 2 is 2.00 bits per heavy atom. The zero-order chi connectivity index (χ0) is 16.4. The van der Waals surface area contributed by atoms with Crippen LogP contribution in [0.5, 0.6) is 0 Å². The highest BCUT2D eigenvalue weighted by molar-refractivity contribution is 6.32. The number of rotatable bonds is 4. The summed E-state index contributed by atoms with van der Waals surface area (Å²) in [7, 11) is 0. The lowest BCUT2D eigenvalue weighted by atomic mass is 10.0. The van der Waals surface area contributed by atoms with Gasteiger partial charge in [0.05, 0.1) is 10.6 Å². The summed E-state index contributed by atoms with van der Waals surface area (Å²) in [4.78, 5) is 16.0. The molecule has 23 heavy (non-hydrogen) atoms. The summed E-state index contributed by atoms with van der Waals surface area (Å²) in [6.45, 7) is 0.325. The lowest BCUT2D eigenvalue weighted by molar-refractivity contribution is 0.100. The van der Waals surface area contributed by atoms with E-state index < -0.39 is 5.91 Å². The van der Waals surface area contributed by atoms with Crippen molar-refractivity contribution in [1.82, 2.24) is 14.8 Å². The van der Waals surface area contributed by atoms with Crippen LogP contribution < -0.4 is 11.5 Å². The maximum Gasteiger partial charge on any atom is 0.252 e. The van der Waals surface area contributed by atoms with Gasteiger partial charge >= 0.3 is 0 Å². The smallest absolute Gasteiger partial charge is 0.252 e. The molecule has 7 heteroatoms. The molecular weight excluding hydrogens is 314 g/mol. The first-order chi connectivity index (χ1) is 11.1. The van der Waals surface area contributed by atoms with Gasteiger partial charge in [-0.3, -0.25) is 4.79 Å². The van der Waals surface area contributed by atoms with Gasteiger partial charge in [0.1, 0.15) is 5.69 Å². The summed E-state index contributed by atoms with van der Waals surface area (Å²) >= 11 is 6.14. The Kier molecular flexibility index (Phi) is 4.10. The second-order valence-electron chi connectivity index (χ2n) is 4.87. The van der Waals surface area contributed by atoms with E-state index in [0.29, 0.717) is 23.1 Å². The van der Waals surface area contributed by atoms with Crippen LogP contribution in [0, 0.1) is 0 Å². The summed E-state index contributed by atoms with van der Waals surface area (Å²) in [6.07, 6.45) is 3.12. The molecule has 2 aromatic heterocycles. The van der Waals surface area contributed by atoms with Gasteiger partial charge in [0.2, 0.25) is 0 Å². The maximum atomic E-state index is 11.8. The topological polar surface area (TPSA) is 99.8 Å². The largest absolute Gasteiger partial charge is 0.365 e. The fraction of sp³-hybridized carbons (Fsp3) is 0.0625. The van der Waals surface area contributed by atoms with Gasteiger partial charge in [0.15, 0.2) is 5.82 Å². The van der Waals surface area contributed by atoms with E-state index in [1.165, 1.54) is 10.9 Å². The van der Waals surface area contributed by atoms with Crippen molar-refractivity contribution in [3.05, 3.63) is 64.9 Å². The molecule has 0 unspecified atom stereocenters. The molecule has 0 saturated heterocycles. The molecule has 6 nitrogen and oxygen atoms in total. The summed E-state index contributed by atoms with van der Waals surface area (Å²) < 4.78 is 1.45. The van der Waals surface area contributed by atoms with E-state index in [9.17, 15) is 4.79 Å². The monoisotopic (exact) mass is 327 g/mol. The third-order valence-electron chi connectivity index (χ3n) is 3.43. The third kappa shape index (κ3) is 2.81. The van der Waals surface area contributed by atoms with E-state index in [0.717, 1.165) is 11.1 Å². The Labute approximate surface area is 137 Å². The molecule has 2 heterocycles. The van der Waals surface area contributed by atoms with Crippen molar-refractivity contribution >= 4 is 17.5 Å². The van der Waals surface area contributed by atoms with Crippen LogP contribution in [-0.2, 0) is 6.54 Å². The Bertz CT molecular complexity index is 874. The van der Waals surface area contributed by atoms with E-state index in [-0.39, 0.29) is 5.56 Å². The Morgan fingerprint density at radius 1 is 1.22 bits per heavy atom. The maximum absolute atomic E-state index is 11.8. The van der Waals surface area contributed by atoms with Crippen molar-refractivity contribution in [2.24, 2.45) is 11.5 Å². The molecule has 0 spiro atoms. The van der Waals surface area contributed by atoms with Crippen molar-refractivity contribution in [2.75, 3.05) is 0 Å². The van der Waals surface area contributed by atoms with Crippen LogP contribution in [0.25, 0.3) is 17.1 Å². The van der Waals surface area contributed by atoms with Gasteiger partial charge in [0.25, 0.3) is 5.91 Å². The van der Waals surface area contributed by atoms with Gasteiger partial charge in [0, 0.05) is 24.5 Å². The highest BCUT2D eigenvalue weighted by Gasteiger charge is 2.19. The zero-order valence-electron chi connectivity index (χ0n) is 12.1. The number of nitrogens with zero attached hydrogens (tertiary/aromatic N) is 3.